The Hall–Kier alpha value is -1.33. The van der Waals surface area contributed by atoms with Crippen molar-refractivity contribution in [2.45, 2.75) is 38.8 Å². The monoisotopic (exact) mass is 294 g/mol. The molecule has 20 heavy (non-hydrogen) atoms. The molecule has 0 aliphatic carbocycles. The van der Waals surface area contributed by atoms with E-state index < -0.39 is 0 Å². The Labute approximate surface area is 123 Å². The summed E-state index contributed by atoms with van der Waals surface area (Å²) in [6.07, 6.45) is 3.56. The van der Waals surface area contributed by atoms with Gasteiger partial charge in [-0.25, -0.2) is 4.98 Å². The summed E-state index contributed by atoms with van der Waals surface area (Å²) in [6.45, 7) is 6.51. The van der Waals surface area contributed by atoms with E-state index in [2.05, 4.69) is 28.7 Å². The number of piperidine rings is 1. The normalized spacial score (nSPS) is 18.2. The molecule has 0 spiro atoms. The molecule has 5 nitrogen and oxygen atoms in total. The number of likely N-dealkylation sites (tertiary alicyclic amines) is 1. The van der Waals surface area contributed by atoms with Gasteiger partial charge in [0.25, 0.3) is 6.01 Å². The maximum atomic E-state index is 10.1. The maximum absolute atomic E-state index is 10.1. The summed E-state index contributed by atoms with van der Waals surface area (Å²) in [7, 11) is 0. The number of hydrogen-bond donors (Lipinski definition) is 1. The quantitative estimate of drug-likeness (QED) is 0.925. The standard InChI is InChI=1S/C14H19ClN4O/c1-9(2)18-5-3-11(4-6-18)19-12-7-10(15)8-16-13(12)17-14(19)20/h7-9,11H,3-6H2,1-2H3,(H,16,17,20). The van der Waals surface area contributed by atoms with Crippen LogP contribution in [0.4, 0.5) is 0 Å². The Morgan fingerprint density at radius 1 is 1.35 bits per heavy atom. The van der Waals surface area contributed by atoms with Crippen LogP contribution in [0.1, 0.15) is 32.7 Å². The lowest BCUT2D eigenvalue weighted by Gasteiger charge is -2.35. The van der Waals surface area contributed by atoms with Crippen LogP contribution in [0.5, 0.6) is 6.01 Å². The van der Waals surface area contributed by atoms with Crippen LogP contribution in [0.3, 0.4) is 0 Å². The smallest absolute Gasteiger partial charge is 0.296 e. The Morgan fingerprint density at radius 3 is 2.70 bits per heavy atom. The van der Waals surface area contributed by atoms with Crippen LogP contribution in [-0.4, -0.2) is 43.7 Å². The second-order valence-corrected chi connectivity index (χ2v) is 6.08. The average molecular weight is 295 g/mol. The molecular formula is C14H19ClN4O. The van der Waals surface area contributed by atoms with Crippen LogP contribution >= 0.6 is 11.6 Å². The van der Waals surface area contributed by atoms with Gasteiger partial charge in [-0.1, -0.05) is 11.6 Å². The molecule has 0 unspecified atom stereocenters. The highest BCUT2D eigenvalue weighted by molar-refractivity contribution is 6.31. The molecule has 1 aliphatic rings. The third kappa shape index (κ3) is 2.36. The summed E-state index contributed by atoms with van der Waals surface area (Å²) < 4.78 is 1.88. The number of pyridine rings is 1. The Kier molecular flexibility index (Phi) is 3.56. The maximum Gasteiger partial charge on any atom is 0.296 e. The van der Waals surface area contributed by atoms with E-state index in [1.807, 2.05) is 10.6 Å². The zero-order valence-corrected chi connectivity index (χ0v) is 12.5. The Bertz CT molecular complexity index is 617. The van der Waals surface area contributed by atoms with Crippen LogP contribution in [-0.2, 0) is 0 Å². The zero-order valence-electron chi connectivity index (χ0n) is 11.8. The van der Waals surface area contributed by atoms with Gasteiger partial charge in [0.15, 0.2) is 5.65 Å². The molecule has 0 saturated carbocycles. The van der Waals surface area contributed by atoms with E-state index >= 15 is 0 Å². The molecule has 0 aromatic carbocycles. The lowest BCUT2D eigenvalue weighted by molar-refractivity contribution is 0.149. The van der Waals surface area contributed by atoms with Crippen LogP contribution in [0.15, 0.2) is 12.3 Å². The van der Waals surface area contributed by atoms with Crippen molar-refractivity contribution in [2.24, 2.45) is 0 Å². The van der Waals surface area contributed by atoms with Gasteiger partial charge in [-0.05, 0) is 32.8 Å². The number of aromatic nitrogens is 3. The Balaban J connectivity index is 1.91. The second-order valence-electron chi connectivity index (χ2n) is 5.64. The summed E-state index contributed by atoms with van der Waals surface area (Å²) >= 11 is 6.01. The van der Waals surface area contributed by atoms with Crippen molar-refractivity contribution >= 4 is 22.8 Å². The average Bonchev–Trinajstić information content (AvgIpc) is 2.74. The number of halogens is 1. The zero-order chi connectivity index (χ0) is 14.3. The van der Waals surface area contributed by atoms with E-state index in [0.29, 0.717) is 16.7 Å². The first-order valence-electron chi connectivity index (χ1n) is 7.02. The molecule has 2 aromatic rings. The van der Waals surface area contributed by atoms with Gasteiger partial charge in [-0.15, -0.1) is 0 Å². The van der Waals surface area contributed by atoms with Gasteiger partial charge >= 0.3 is 0 Å². The van der Waals surface area contributed by atoms with E-state index in [-0.39, 0.29) is 12.1 Å². The predicted octanol–water partition coefficient (Wildman–Crippen LogP) is 2.84. The van der Waals surface area contributed by atoms with Gasteiger partial charge in [0.2, 0.25) is 0 Å². The third-order valence-corrected chi connectivity index (χ3v) is 4.30. The van der Waals surface area contributed by atoms with Crippen molar-refractivity contribution in [3.05, 3.63) is 17.3 Å². The van der Waals surface area contributed by atoms with Gasteiger partial charge < -0.3 is 10.0 Å². The molecule has 3 heterocycles. The van der Waals surface area contributed by atoms with Crippen molar-refractivity contribution in [3.63, 3.8) is 0 Å². The van der Waals surface area contributed by atoms with E-state index in [9.17, 15) is 5.11 Å². The fourth-order valence-electron chi connectivity index (χ4n) is 2.96. The fraction of sp³-hybridized carbons (Fsp3) is 0.571. The topological polar surface area (TPSA) is 54.2 Å². The van der Waals surface area contributed by atoms with Crippen LogP contribution in [0, 0.1) is 0 Å². The second kappa shape index (κ2) is 5.22. The molecule has 6 heteroatoms. The first-order chi connectivity index (χ1) is 9.56. The largest absolute Gasteiger partial charge is 0.480 e. The lowest BCUT2D eigenvalue weighted by atomic mass is 10.0. The van der Waals surface area contributed by atoms with E-state index in [4.69, 9.17) is 11.6 Å². The summed E-state index contributed by atoms with van der Waals surface area (Å²) in [4.78, 5) is 10.7. The fourth-order valence-corrected chi connectivity index (χ4v) is 3.11. The SMILES string of the molecule is CC(C)N1CCC(n2c(O)nc3ncc(Cl)cc32)CC1. The summed E-state index contributed by atoms with van der Waals surface area (Å²) in [6, 6.07) is 2.69. The number of rotatable bonds is 2. The molecule has 0 amide bonds. The molecule has 0 radical (unpaired) electrons. The van der Waals surface area contributed by atoms with Gasteiger partial charge in [0.05, 0.1) is 10.5 Å². The molecule has 1 saturated heterocycles. The minimum atomic E-state index is 0.0396. The first kappa shape index (κ1) is 13.6. The highest BCUT2D eigenvalue weighted by atomic mass is 35.5. The van der Waals surface area contributed by atoms with Crippen molar-refractivity contribution in [2.75, 3.05) is 13.1 Å². The molecule has 3 rings (SSSR count). The number of nitrogens with zero attached hydrogens (tertiary/aromatic N) is 4. The number of fused-ring (bicyclic) bond motifs is 1. The van der Waals surface area contributed by atoms with Gasteiger partial charge in [0.1, 0.15) is 0 Å². The van der Waals surface area contributed by atoms with Gasteiger partial charge in [0, 0.05) is 31.4 Å². The number of hydrogen-bond acceptors (Lipinski definition) is 4. The molecule has 2 aromatic heterocycles. The molecule has 1 N–H and O–H groups in total. The van der Waals surface area contributed by atoms with Crippen LogP contribution < -0.4 is 0 Å². The van der Waals surface area contributed by atoms with E-state index in [1.54, 1.807) is 6.20 Å². The van der Waals surface area contributed by atoms with Gasteiger partial charge in [-0.3, -0.25) is 4.57 Å². The van der Waals surface area contributed by atoms with Crippen molar-refractivity contribution in [3.8, 4) is 6.01 Å². The van der Waals surface area contributed by atoms with Crippen LogP contribution in [0.25, 0.3) is 11.2 Å². The first-order valence-corrected chi connectivity index (χ1v) is 7.40. The number of aromatic hydroxyl groups is 1. The van der Waals surface area contributed by atoms with Crippen molar-refractivity contribution < 1.29 is 5.11 Å². The van der Waals surface area contributed by atoms with Crippen LogP contribution in [0.2, 0.25) is 5.02 Å². The predicted molar refractivity (Wildman–Crippen MR) is 79.2 cm³/mol. The summed E-state index contributed by atoms with van der Waals surface area (Å²) in [5, 5.41) is 10.7. The van der Waals surface area contributed by atoms with Gasteiger partial charge in [-0.2, -0.15) is 4.98 Å². The molecule has 0 atom stereocenters. The lowest BCUT2D eigenvalue weighted by Crippen LogP contribution is -2.38. The van der Waals surface area contributed by atoms with Crippen molar-refractivity contribution in [1.82, 2.24) is 19.4 Å². The van der Waals surface area contributed by atoms with Crippen molar-refractivity contribution in [1.29, 1.82) is 0 Å². The molecule has 0 bridgehead atoms. The summed E-state index contributed by atoms with van der Waals surface area (Å²) in [5.41, 5.74) is 1.37. The minimum absolute atomic E-state index is 0.0396. The highest BCUT2D eigenvalue weighted by Gasteiger charge is 2.25. The highest BCUT2D eigenvalue weighted by Crippen LogP contribution is 2.32. The molecule has 1 aliphatic heterocycles. The molecular weight excluding hydrogens is 276 g/mol. The molecule has 1 fully saturated rings. The summed E-state index contributed by atoms with van der Waals surface area (Å²) in [5.74, 6) is 0. The van der Waals surface area contributed by atoms with E-state index in [0.717, 1.165) is 31.4 Å². The molecule has 108 valence electrons. The van der Waals surface area contributed by atoms with E-state index in [1.165, 1.54) is 0 Å². The minimum Gasteiger partial charge on any atom is -0.480 e. The third-order valence-electron chi connectivity index (χ3n) is 4.09. The number of imidazole rings is 1. The Morgan fingerprint density at radius 2 is 2.05 bits per heavy atom.